The zero-order valence-corrected chi connectivity index (χ0v) is 33.6. The van der Waals surface area contributed by atoms with Crippen LogP contribution in [0.15, 0.2) is 70.8 Å². The molecule has 3 aromatic carbocycles. The molecule has 2 saturated carbocycles. The normalized spacial score (nSPS) is 25.9. The van der Waals surface area contributed by atoms with Crippen molar-refractivity contribution in [1.29, 1.82) is 0 Å². The van der Waals surface area contributed by atoms with Gasteiger partial charge in [0.2, 0.25) is 0 Å². The van der Waals surface area contributed by atoms with Gasteiger partial charge in [0.1, 0.15) is 11.2 Å². The molecule has 296 valence electrons. The van der Waals surface area contributed by atoms with Crippen molar-refractivity contribution in [3.8, 4) is 22.3 Å². The van der Waals surface area contributed by atoms with Gasteiger partial charge in [-0.2, -0.15) is 8.78 Å². The van der Waals surface area contributed by atoms with Crippen LogP contribution in [0.2, 0.25) is 0 Å². The number of hydrogen-bond donors (Lipinski definition) is 0. The maximum Gasteiger partial charge on any atom is 0.411 e. The van der Waals surface area contributed by atoms with Crippen molar-refractivity contribution < 1.29 is 27.8 Å². The predicted molar refractivity (Wildman–Crippen MR) is 217 cm³/mol. The van der Waals surface area contributed by atoms with E-state index in [9.17, 15) is 9.59 Å². The number of alkyl halides is 2. The molecule has 4 heterocycles. The van der Waals surface area contributed by atoms with Crippen LogP contribution in [0, 0.1) is 11.3 Å². The lowest BCUT2D eigenvalue weighted by Crippen LogP contribution is -2.50. The van der Waals surface area contributed by atoms with E-state index in [0.717, 1.165) is 83.5 Å². The van der Waals surface area contributed by atoms with Gasteiger partial charge in [0.15, 0.2) is 0 Å². The van der Waals surface area contributed by atoms with E-state index < -0.39 is 17.1 Å². The SMILES string of the molecule is CC(C)(C)OC(=O)N1CC2(CC2)C[C@H]1C1=NC=C(c2ccc3c(c2)C(F)(F)c2cc(-c4ccc5c(c4)CC([C@@H]4[C@H]6CC[C@H](C6)N4C(=O)OC(C)(C)C)=N5)ccc2-3)C1. The minimum atomic E-state index is -3.18. The predicted octanol–water partition coefficient (Wildman–Crippen LogP) is 10.9. The number of aliphatic imine (C=N–C) groups is 2. The van der Waals surface area contributed by atoms with Gasteiger partial charge in [-0.3, -0.25) is 19.8 Å². The Bertz CT molecular complexity index is 2340. The maximum atomic E-state index is 16.5. The lowest BCUT2D eigenvalue weighted by Gasteiger charge is -2.36. The second-order valence-electron chi connectivity index (χ2n) is 19.6. The summed E-state index contributed by atoms with van der Waals surface area (Å²) in [4.78, 5) is 40.2. The summed E-state index contributed by atoms with van der Waals surface area (Å²) >= 11 is 0. The van der Waals surface area contributed by atoms with E-state index in [0.29, 0.717) is 36.4 Å². The lowest BCUT2D eigenvalue weighted by molar-refractivity contribution is 0.0141. The van der Waals surface area contributed by atoms with E-state index in [1.807, 2.05) is 87.7 Å². The number of benzene rings is 3. The molecule has 3 aromatic rings. The molecule has 10 rings (SSSR count). The summed E-state index contributed by atoms with van der Waals surface area (Å²) < 4.78 is 44.7. The van der Waals surface area contributed by atoms with Crippen molar-refractivity contribution in [2.24, 2.45) is 21.3 Å². The van der Waals surface area contributed by atoms with E-state index in [2.05, 4.69) is 6.07 Å². The van der Waals surface area contributed by atoms with Crippen LogP contribution in [0.5, 0.6) is 0 Å². The number of carbonyl (C=O) groups is 2. The number of amides is 2. The molecule has 2 amide bonds. The first-order chi connectivity index (χ1) is 27.0. The van der Waals surface area contributed by atoms with Gasteiger partial charge in [-0.25, -0.2) is 9.59 Å². The summed E-state index contributed by atoms with van der Waals surface area (Å²) in [6, 6.07) is 16.7. The van der Waals surface area contributed by atoms with Crippen molar-refractivity contribution in [1.82, 2.24) is 9.80 Å². The van der Waals surface area contributed by atoms with Gasteiger partial charge in [-0.05, 0) is 155 Å². The largest absolute Gasteiger partial charge is 0.444 e. The Balaban J connectivity index is 0.858. The molecule has 2 saturated heterocycles. The molecular formula is C47H50F2N4O4. The fraction of sp³-hybridized carbons (Fsp3) is 0.489. The monoisotopic (exact) mass is 772 g/mol. The molecular weight excluding hydrogens is 723 g/mol. The maximum absolute atomic E-state index is 16.5. The number of allylic oxidation sites excluding steroid dienone is 1. The molecule has 3 aliphatic carbocycles. The number of fused-ring (bicyclic) bond motifs is 6. The molecule has 0 unspecified atom stereocenters. The second-order valence-corrected chi connectivity index (χ2v) is 19.6. The first-order valence-corrected chi connectivity index (χ1v) is 20.6. The molecule has 8 nitrogen and oxygen atoms in total. The third-order valence-electron chi connectivity index (χ3n) is 13.2. The summed E-state index contributed by atoms with van der Waals surface area (Å²) in [5.41, 5.74) is 7.03. The highest BCUT2D eigenvalue weighted by Gasteiger charge is 2.56. The summed E-state index contributed by atoms with van der Waals surface area (Å²) in [6.45, 7) is 12.0. The second kappa shape index (κ2) is 12.3. The Labute approximate surface area is 333 Å². The van der Waals surface area contributed by atoms with E-state index in [1.165, 1.54) is 0 Å². The third-order valence-corrected chi connectivity index (χ3v) is 13.2. The first kappa shape index (κ1) is 36.5. The molecule has 10 heteroatoms. The number of carbonyl (C=O) groups excluding carboxylic acids is 2. The van der Waals surface area contributed by atoms with Crippen LogP contribution in [-0.2, 0) is 21.8 Å². The summed E-state index contributed by atoms with van der Waals surface area (Å²) in [7, 11) is 0. The van der Waals surface area contributed by atoms with Crippen LogP contribution in [0.3, 0.4) is 0 Å². The Morgan fingerprint density at radius 1 is 0.789 bits per heavy atom. The highest BCUT2D eigenvalue weighted by atomic mass is 19.3. The molecule has 4 aliphatic heterocycles. The number of piperidine rings is 1. The zero-order valence-electron chi connectivity index (χ0n) is 33.6. The minimum absolute atomic E-state index is 0.00193. The average Bonchev–Trinajstić information content (AvgIpc) is 3.78. The zero-order chi connectivity index (χ0) is 39.8. The molecule has 0 N–H and O–H groups in total. The Hall–Kier alpha value is -4.86. The van der Waals surface area contributed by atoms with Crippen molar-refractivity contribution >= 4 is 34.9 Å². The number of halogens is 2. The van der Waals surface area contributed by atoms with Crippen LogP contribution in [0.25, 0.3) is 27.8 Å². The summed E-state index contributed by atoms with van der Waals surface area (Å²) in [5.74, 6) is -2.82. The topological polar surface area (TPSA) is 83.8 Å². The molecule has 0 aromatic heterocycles. The van der Waals surface area contributed by atoms with Crippen LogP contribution >= 0.6 is 0 Å². The Morgan fingerprint density at radius 2 is 1.44 bits per heavy atom. The van der Waals surface area contributed by atoms with Gasteiger partial charge in [0.05, 0.1) is 17.8 Å². The highest BCUT2D eigenvalue weighted by Crippen LogP contribution is 2.56. The first-order valence-electron chi connectivity index (χ1n) is 20.6. The van der Waals surface area contributed by atoms with Gasteiger partial charge >= 0.3 is 12.2 Å². The van der Waals surface area contributed by atoms with E-state index >= 15 is 8.78 Å². The molecule has 1 spiro atoms. The van der Waals surface area contributed by atoms with Gasteiger partial charge in [-0.15, -0.1) is 0 Å². The van der Waals surface area contributed by atoms with Gasteiger partial charge in [0.25, 0.3) is 5.92 Å². The van der Waals surface area contributed by atoms with Crippen LogP contribution < -0.4 is 0 Å². The number of rotatable bonds is 4. The van der Waals surface area contributed by atoms with E-state index in [4.69, 9.17) is 19.5 Å². The van der Waals surface area contributed by atoms with Crippen LogP contribution in [0.4, 0.5) is 24.1 Å². The van der Waals surface area contributed by atoms with Crippen molar-refractivity contribution in [2.75, 3.05) is 6.54 Å². The quantitative estimate of drug-likeness (QED) is 0.264. The molecule has 4 fully saturated rings. The molecule has 4 atom stereocenters. The average molecular weight is 773 g/mol. The minimum Gasteiger partial charge on any atom is -0.444 e. The standard InChI is InChI=1S/C47H50F2N4O4/c1-44(2,3)56-42(54)52-25-46(15-16-46)23-40(52)38-22-31(24-50-38)28-9-13-34-33-12-8-27(19-35(33)47(48,49)36(34)20-28)26-10-14-37-30(17-26)21-39(51-37)41-29-7-11-32(18-29)53(41)43(55)57-45(4,5)6/h8-10,12-14,17,19-20,24,29,32,40-41H,7,11,15-16,18,21-23,25H2,1-6H3/t29-,32+,40-,41-/m0/s1. The lowest BCUT2D eigenvalue weighted by atomic mass is 9.91. The smallest absolute Gasteiger partial charge is 0.411 e. The summed E-state index contributed by atoms with van der Waals surface area (Å²) in [5, 5.41) is 0. The Kier molecular flexibility index (Phi) is 7.89. The Morgan fingerprint density at radius 3 is 2.14 bits per heavy atom. The van der Waals surface area contributed by atoms with Crippen molar-refractivity contribution in [2.45, 2.75) is 128 Å². The number of hydrogen-bond acceptors (Lipinski definition) is 6. The van der Waals surface area contributed by atoms with Crippen molar-refractivity contribution in [3.05, 3.63) is 83.1 Å². The fourth-order valence-corrected chi connectivity index (χ4v) is 10.4. The number of likely N-dealkylation sites (tertiary alicyclic amines) is 2. The van der Waals surface area contributed by atoms with Gasteiger partial charge in [0, 0.05) is 54.2 Å². The van der Waals surface area contributed by atoms with Crippen LogP contribution in [-0.4, -0.2) is 69.3 Å². The molecule has 0 radical (unpaired) electrons. The van der Waals surface area contributed by atoms with Crippen LogP contribution in [0.1, 0.15) is 109 Å². The third kappa shape index (κ3) is 6.20. The number of ether oxygens (including phenoxy) is 2. The van der Waals surface area contributed by atoms with Gasteiger partial charge in [-0.1, -0.05) is 30.3 Å². The molecule has 57 heavy (non-hydrogen) atoms. The van der Waals surface area contributed by atoms with E-state index in [-0.39, 0.29) is 46.9 Å². The molecule has 2 bridgehead atoms. The molecule has 7 aliphatic rings. The van der Waals surface area contributed by atoms with Crippen molar-refractivity contribution in [3.63, 3.8) is 0 Å². The highest BCUT2D eigenvalue weighted by molar-refractivity contribution is 6.03. The van der Waals surface area contributed by atoms with E-state index in [1.54, 1.807) is 18.3 Å². The summed E-state index contributed by atoms with van der Waals surface area (Å²) in [6.07, 6.45) is 8.41. The fourth-order valence-electron chi connectivity index (χ4n) is 10.4. The number of nitrogens with zero attached hydrogens (tertiary/aromatic N) is 4. The van der Waals surface area contributed by atoms with Gasteiger partial charge < -0.3 is 9.47 Å².